The second-order valence-corrected chi connectivity index (χ2v) is 8.45. The van der Waals surface area contributed by atoms with Crippen LogP contribution in [0.4, 0.5) is 0 Å². The van der Waals surface area contributed by atoms with Gasteiger partial charge in [-0.15, -0.1) is 0 Å². The molecular formula is C23H36N4O2. The van der Waals surface area contributed by atoms with Crippen molar-refractivity contribution in [1.29, 1.82) is 0 Å². The molecule has 3 rings (SSSR count). The number of guanidine groups is 1. The number of nitrogens with one attached hydrogen (secondary N) is 2. The summed E-state index contributed by atoms with van der Waals surface area (Å²) in [5, 5.41) is 6.82. The summed E-state index contributed by atoms with van der Waals surface area (Å²) in [6, 6.07) is 8.34. The smallest absolute Gasteiger partial charge is 0.225 e. The van der Waals surface area contributed by atoms with Crippen LogP contribution in [0.1, 0.15) is 51.0 Å². The van der Waals surface area contributed by atoms with E-state index >= 15 is 0 Å². The summed E-state index contributed by atoms with van der Waals surface area (Å²) < 4.78 is 5.98. The Labute approximate surface area is 175 Å². The van der Waals surface area contributed by atoms with E-state index in [-0.39, 0.29) is 18.1 Å². The first-order valence-electron chi connectivity index (χ1n) is 11.0. The van der Waals surface area contributed by atoms with Gasteiger partial charge in [0.15, 0.2) is 5.96 Å². The molecule has 29 heavy (non-hydrogen) atoms. The predicted molar refractivity (Wildman–Crippen MR) is 117 cm³/mol. The molecule has 1 aliphatic carbocycles. The lowest BCUT2D eigenvalue weighted by Crippen LogP contribution is -2.47. The number of likely N-dealkylation sites (tertiary alicyclic amines) is 1. The van der Waals surface area contributed by atoms with Crippen LogP contribution < -0.4 is 15.4 Å². The molecule has 0 bridgehead atoms. The van der Waals surface area contributed by atoms with E-state index in [0.29, 0.717) is 12.5 Å². The normalized spacial score (nSPS) is 21.7. The highest BCUT2D eigenvalue weighted by molar-refractivity contribution is 5.81. The van der Waals surface area contributed by atoms with Crippen LogP contribution in [0.15, 0.2) is 29.3 Å². The van der Waals surface area contributed by atoms with Crippen molar-refractivity contribution >= 4 is 11.9 Å². The van der Waals surface area contributed by atoms with Crippen LogP contribution in [-0.4, -0.2) is 55.6 Å². The third-order valence-corrected chi connectivity index (χ3v) is 5.90. The van der Waals surface area contributed by atoms with E-state index in [1.165, 1.54) is 24.8 Å². The average Bonchev–Trinajstić information content (AvgIpc) is 3.19. The molecule has 2 fully saturated rings. The van der Waals surface area contributed by atoms with Gasteiger partial charge in [-0.2, -0.15) is 0 Å². The maximum atomic E-state index is 12.7. The lowest BCUT2D eigenvalue weighted by Gasteiger charge is -2.26. The van der Waals surface area contributed by atoms with Gasteiger partial charge in [-0.25, -0.2) is 0 Å². The molecule has 0 spiro atoms. The second-order valence-electron chi connectivity index (χ2n) is 8.45. The second kappa shape index (κ2) is 10.5. The Balaban J connectivity index is 1.41. The van der Waals surface area contributed by atoms with Gasteiger partial charge in [0.2, 0.25) is 5.91 Å². The fraction of sp³-hybridized carbons (Fsp3) is 0.652. The Bertz CT molecular complexity index is 700. The van der Waals surface area contributed by atoms with Crippen molar-refractivity contribution in [2.24, 2.45) is 10.9 Å². The zero-order valence-electron chi connectivity index (χ0n) is 18.1. The van der Waals surface area contributed by atoms with Crippen LogP contribution in [-0.2, 0) is 4.79 Å². The molecule has 1 aromatic carbocycles. The molecule has 1 saturated heterocycles. The van der Waals surface area contributed by atoms with Gasteiger partial charge in [0.05, 0.1) is 6.54 Å². The lowest BCUT2D eigenvalue weighted by atomic mass is 9.88. The molecule has 2 N–H and O–H groups in total. The van der Waals surface area contributed by atoms with E-state index in [2.05, 4.69) is 28.6 Å². The summed E-state index contributed by atoms with van der Waals surface area (Å²) in [5.74, 6) is 2.26. The number of hydrogen-bond acceptors (Lipinski definition) is 3. The van der Waals surface area contributed by atoms with E-state index in [0.717, 1.165) is 44.1 Å². The number of aliphatic imine (C=N–C) groups is 1. The third kappa shape index (κ3) is 6.38. The van der Waals surface area contributed by atoms with Gasteiger partial charge in [0.1, 0.15) is 11.9 Å². The molecule has 1 saturated carbocycles. The zero-order chi connectivity index (χ0) is 20.6. The topological polar surface area (TPSA) is 66.0 Å². The largest absolute Gasteiger partial charge is 0.489 e. The van der Waals surface area contributed by atoms with E-state index in [1.54, 1.807) is 7.05 Å². The van der Waals surface area contributed by atoms with Crippen molar-refractivity contribution in [3.05, 3.63) is 29.8 Å². The van der Waals surface area contributed by atoms with Crippen LogP contribution in [0.3, 0.4) is 0 Å². The molecule has 0 radical (unpaired) electrons. The molecular weight excluding hydrogens is 364 g/mol. The fourth-order valence-corrected chi connectivity index (χ4v) is 4.28. The van der Waals surface area contributed by atoms with Crippen LogP contribution in [0, 0.1) is 12.8 Å². The number of rotatable bonds is 6. The van der Waals surface area contributed by atoms with Crippen LogP contribution in [0.5, 0.6) is 5.75 Å². The molecule has 160 valence electrons. The van der Waals surface area contributed by atoms with Gasteiger partial charge >= 0.3 is 0 Å². The number of ether oxygens (including phenoxy) is 1. The monoisotopic (exact) mass is 400 g/mol. The first-order chi connectivity index (χ1) is 14.0. The number of carbonyl (C=O) groups excluding carboxylic acids is 1. The molecule has 0 aromatic heterocycles. The molecule has 6 heteroatoms. The Kier molecular flexibility index (Phi) is 7.78. The van der Waals surface area contributed by atoms with E-state index in [1.807, 2.05) is 30.0 Å². The Morgan fingerprint density at radius 2 is 2.07 bits per heavy atom. The first-order valence-corrected chi connectivity index (χ1v) is 11.0. The molecule has 2 aliphatic rings. The summed E-state index contributed by atoms with van der Waals surface area (Å²) in [4.78, 5) is 19.1. The summed E-state index contributed by atoms with van der Waals surface area (Å²) in [7, 11) is 1.78. The summed E-state index contributed by atoms with van der Waals surface area (Å²) >= 11 is 0. The summed E-state index contributed by atoms with van der Waals surface area (Å²) in [6.07, 6.45) is 6.79. The standard InChI is InChI=1S/C23H36N4O2/c1-17-8-7-11-21(14-17)29-18(2)15-25-23(24-3)26-20-12-13-27(16-20)22(28)19-9-5-4-6-10-19/h7-8,11,14,18-20H,4-6,9-10,12-13,15-16H2,1-3H3,(H2,24,25,26). The minimum Gasteiger partial charge on any atom is -0.489 e. The first kappa shape index (κ1) is 21.5. The minimum absolute atomic E-state index is 0.0169. The van der Waals surface area contributed by atoms with Crippen LogP contribution >= 0.6 is 0 Å². The predicted octanol–water partition coefficient (Wildman–Crippen LogP) is 3.11. The summed E-state index contributed by atoms with van der Waals surface area (Å²) in [5.41, 5.74) is 1.19. The molecule has 1 aliphatic heterocycles. The quantitative estimate of drug-likeness (QED) is 0.569. The van der Waals surface area contributed by atoms with E-state index < -0.39 is 0 Å². The van der Waals surface area contributed by atoms with E-state index in [4.69, 9.17) is 4.74 Å². The highest BCUT2D eigenvalue weighted by Gasteiger charge is 2.31. The number of benzene rings is 1. The van der Waals surface area contributed by atoms with Gasteiger partial charge in [-0.05, 0) is 50.8 Å². The molecule has 1 heterocycles. The van der Waals surface area contributed by atoms with Gasteiger partial charge in [-0.3, -0.25) is 9.79 Å². The maximum absolute atomic E-state index is 12.7. The van der Waals surface area contributed by atoms with Crippen LogP contribution in [0.25, 0.3) is 0 Å². The van der Waals surface area contributed by atoms with Crippen LogP contribution in [0.2, 0.25) is 0 Å². The Morgan fingerprint density at radius 3 is 2.79 bits per heavy atom. The number of aryl methyl sites for hydroxylation is 1. The third-order valence-electron chi connectivity index (χ3n) is 5.90. The van der Waals surface area contributed by atoms with Crippen molar-refractivity contribution < 1.29 is 9.53 Å². The van der Waals surface area contributed by atoms with Crippen molar-refractivity contribution in [2.45, 2.75) is 64.5 Å². The van der Waals surface area contributed by atoms with Crippen molar-refractivity contribution in [3.8, 4) is 5.75 Å². The minimum atomic E-state index is 0.0169. The number of nitrogens with zero attached hydrogens (tertiary/aromatic N) is 2. The zero-order valence-corrected chi connectivity index (χ0v) is 18.1. The van der Waals surface area contributed by atoms with E-state index in [9.17, 15) is 4.79 Å². The highest BCUT2D eigenvalue weighted by Crippen LogP contribution is 2.26. The molecule has 6 nitrogen and oxygen atoms in total. The van der Waals surface area contributed by atoms with Crippen molar-refractivity contribution in [1.82, 2.24) is 15.5 Å². The van der Waals surface area contributed by atoms with Gasteiger partial charge in [0, 0.05) is 32.1 Å². The highest BCUT2D eigenvalue weighted by atomic mass is 16.5. The number of hydrogen-bond donors (Lipinski definition) is 2. The fourth-order valence-electron chi connectivity index (χ4n) is 4.28. The van der Waals surface area contributed by atoms with Gasteiger partial charge in [-0.1, -0.05) is 31.4 Å². The molecule has 1 aromatic rings. The maximum Gasteiger partial charge on any atom is 0.225 e. The van der Waals surface area contributed by atoms with Crippen molar-refractivity contribution in [2.75, 3.05) is 26.7 Å². The summed E-state index contributed by atoms with van der Waals surface area (Å²) in [6.45, 7) is 6.38. The SMILES string of the molecule is CN=C(NCC(C)Oc1cccc(C)c1)NC1CCN(C(=O)C2CCCCC2)C1. The van der Waals surface area contributed by atoms with Gasteiger partial charge in [0.25, 0.3) is 0 Å². The number of amides is 1. The van der Waals surface area contributed by atoms with Gasteiger partial charge < -0.3 is 20.3 Å². The van der Waals surface area contributed by atoms with Crippen molar-refractivity contribution in [3.63, 3.8) is 0 Å². The average molecular weight is 401 g/mol. The number of carbonyl (C=O) groups is 1. The molecule has 1 amide bonds. The lowest BCUT2D eigenvalue weighted by molar-refractivity contribution is -0.135. The Hall–Kier alpha value is -2.24. The Morgan fingerprint density at radius 1 is 1.28 bits per heavy atom. The molecule has 2 atom stereocenters. The molecule has 2 unspecified atom stereocenters.